The number of nitrogens with one attached hydrogen (secondary N) is 1. The molecule has 5 heteroatoms. The Hall–Kier alpha value is -1.52. The van der Waals surface area contributed by atoms with Crippen LogP contribution in [0, 0.1) is 0 Å². The zero-order chi connectivity index (χ0) is 17.4. The van der Waals surface area contributed by atoms with E-state index in [0.29, 0.717) is 24.5 Å². The van der Waals surface area contributed by atoms with Crippen LogP contribution in [0.25, 0.3) is 0 Å². The van der Waals surface area contributed by atoms with Gasteiger partial charge in [0.05, 0.1) is 0 Å². The second-order valence-corrected chi connectivity index (χ2v) is 6.76. The molecule has 0 radical (unpaired) electrons. The Labute approximate surface area is 149 Å². The molecule has 4 nitrogen and oxygen atoms in total. The van der Waals surface area contributed by atoms with Crippen molar-refractivity contribution in [3.63, 3.8) is 0 Å². The number of benzene rings is 1. The third kappa shape index (κ3) is 5.84. The zero-order valence-electron chi connectivity index (χ0n) is 14.3. The molecule has 0 aliphatic heterocycles. The number of halogens is 1. The van der Waals surface area contributed by atoms with Crippen LogP contribution in [0.15, 0.2) is 35.9 Å². The number of amides is 2. The number of nitrogens with zero attached hydrogens (tertiary/aromatic N) is 1. The van der Waals surface area contributed by atoms with Crippen LogP contribution < -0.4 is 5.32 Å². The van der Waals surface area contributed by atoms with Gasteiger partial charge in [0, 0.05) is 30.8 Å². The van der Waals surface area contributed by atoms with E-state index in [4.69, 9.17) is 16.7 Å². The molecule has 2 N–H and O–H groups in total. The molecule has 1 aliphatic carbocycles. The number of carbonyl (C=O) groups is 1. The molecule has 0 spiro atoms. The number of carbonyl (C=O) groups excluding carboxylic acids is 1. The molecule has 0 aromatic heterocycles. The van der Waals surface area contributed by atoms with Gasteiger partial charge in [-0.15, -0.1) is 0 Å². The normalized spacial score (nSPS) is 15.5. The maximum atomic E-state index is 12.7. The van der Waals surface area contributed by atoms with E-state index in [9.17, 15) is 4.79 Å². The minimum atomic E-state index is -0.0858. The standard InChI is InChI=1S/C19H27ClN2O2/c1-15(17-6-3-2-4-7-17)21-19(24)22(12-5-13-23)14-16-8-10-18(20)11-9-16/h6,8-11,15,23H,2-5,7,12-14H2,1H3,(H,21,24)/t15-/m1/s1. The Morgan fingerprint density at radius 3 is 2.71 bits per heavy atom. The SMILES string of the molecule is C[C@@H](NC(=O)N(CCCO)Cc1ccc(Cl)cc1)C1=CCCCC1. The number of aliphatic hydroxyl groups excluding tert-OH is 1. The maximum absolute atomic E-state index is 12.7. The first-order chi connectivity index (χ1) is 11.6. The third-order valence-corrected chi connectivity index (χ3v) is 4.63. The second-order valence-electron chi connectivity index (χ2n) is 6.32. The fraction of sp³-hybridized carbons (Fsp3) is 0.526. The van der Waals surface area contributed by atoms with Crippen LogP contribution in [0.5, 0.6) is 0 Å². The van der Waals surface area contributed by atoms with Crippen LogP contribution in [0.3, 0.4) is 0 Å². The number of urea groups is 1. The number of hydrogen-bond acceptors (Lipinski definition) is 2. The van der Waals surface area contributed by atoms with E-state index in [2.05, 4.69) is 11.4 Å². The Kier molecular flexibility index (Phi) is 7.60. The fourth-order valence-electron chi connectivity index (χ4n) is 2.95. The van der Waals surface area contributed by atoms with Gasteiger partial charge in [-0.1, -0.05) is 35.4 Å². The van der Waals surface area contributed by atoms with Gasteiger partial charge < -0.3 is 15.3 Å². The van der Waals surface area contributed by atoms with Crippen molar-refractivity contribution in [2.45, 2.75) is 51.6 Å². The van der Waals surface area contributed by atoms with Crippen molar-refractivity contribution in [2.24, 2.45) is 0 Å². The van der Waals surface area contributed by atoms with Crippen LogP contribution in [0.4, 0.5) is 4.79 Å². The van der Waals surface area contributed by atoms with Crippen LogP contribution >= 0.6 is 11.6 Å². The topological polar surface area (TPSA) is 52.6 Å². The summed E-state index contributed by atoms with van der Waals surface area (Å²) in [6.45, 7) is 3.15. The van der Waals surface area contributed by atoms with Crippen LogP contribution in [-0.2, 0) is 6.54 Å². The molecule has 1 aromatic rings. The summed E-state index contributed by atoms with van der Waals surface area (Å²) in [6, 6.07) is 7.48. The number of hydrogen-bond donors (Lipinski definition) is 2. The Morgan fingerprint density at radius 2 is 2.08 bits per heavy atom. The molecule has 2 rings (SSSR count). The van der Waals surface area contributed by atoms with E-state index in [0.717, 1.165) is 18.4 Å². The smallest absolute Gasteiger partial charge is 0.318 e. The van der Waals surface area contributed by atoms with Gasteiger partial charge in [-0.2, -0.15) is 0 Å². The van der Waals surface area contributed by atoms with Crippen molar-refractivity contribution >= 4 is 17.6 Å². The van der Waals surface area contributed by atoms with Gasteiger partial charge in [0.2, 0.25) is 0 Å². The molecule has 2 amide bonds. The Bertz CT molecular complexity index is 557. The van der Waals surface area contributed by atoms with Crippen molar-refractivity contribution in [2.75, 3.05) is 13.2 Å². The zero-order valence-corrected chi connectivity index (χ0v) is 15.1. The largest absolute Gasteiger partial charge is 0.396 e. The lowest BCUT2D eigenvalue weighted by Crippen LogP contribution is -2.44. The summed E-state index contributed by atoms with van der Waals surface area (Å²) in [7, 11) is 0. The highest BCUT2D eigenvalue weighted by molar-refractivity contribution is 6.30. The summed E-state index contributed by atoms with van der Waals surface area (Å²) in [5.41, 5.74) is 2.35. The molecule has 24 heavy (non-hydrogen) atoms. The van der Waals surface area contributed by atoms with Crippen molar-refractivity contribution in [1.29, 1.82) is 0 Å². The lowest BCUT2D eigenvalue weighted by Gasteiger charge is -2.27. The first-order valence-corrected chi connectivity index (χ1v) is 9.07. The van der Waals surface area contributed by atoms with Crippen LogP contribution in [0.2, 0.25) is 5.02 Å². The first kappa shape index (κ1) is 18.8. The third-order valence-electron chi connectivity index (χ3n) is 4.38. The predicted octanol–water partition coefficient (Wildman–Crippen LogP) is 4.12. The molecule has 0 bridgehead atoms. The summed E-state index contributed by atoms with van der Waals surface area (Å²) in [5, 5.41) is 12.9. The average molecular weight is 351 g/mol. The van der Waals surface area contributed by atoms with Gasteiger partial charge in [0.25, 0.3) is 0 Å². The summed E-state index contributed by atoms with van der Waals surface area (Å²) >= 11 is 5.92. The van der Waals surface area contributed by atoms with E-state index in [1.807, 2.05) is 31.2 Å². The van der Waals surface area contributed by atoms with E-state index in [1.54, 1.807) is 4.90 Å². The molecule has 0 heterocycles. The average Bonchev–Trinajstić information content (AvgIpc) is 2.60. The predicted molar refractivity (Wildman–Crippen MR) is 98.1 cm³/mol. The number of rotatable bonds is 7. The number of aliphatic hydroxyl groups is 1. The van der Waals surface area contributed by atoms with E-state index >= 15 is 0 Å². The van der Waals surface area contributed by atoms with Crippen LogP contribution in [0.1, 0.15) is 44.6 Å². The molecular weight excluding hydrogens is 324 g/mol. The minimum absolute atomic E-state index is 0.0552. The Morgan fingerprint density at radius 1 is 1.33 bits per heavy atom. The van der Waals surface area contributed by atoms with Crippen molar-refractivity contribution in [1.82, 2.24) is 10.2 Å². The molecule has 1 atom stereocenters. The number of allylic oxidation sites excluding steroid dienone is 1. The summed E-state index contributed by atoms with van der Waals surface area (Å²) in [4.78, 5) is 14.4. The highest BCUT2D eigenvalue weighted by Crippen LogP contribution is 2.20. The highest BCUT2D eigenvalue weighted by Gasteiger charge is 2.18. The van der Waals surface area contributed by atoms with Crippen molar-refractivity contribution in [3.05, 3.63) is 46.5 Å². The highest BCUT2D eigenvalue weighted by atomic mass is 35.5. The van der Waals surface area contributed by atoms with Gasteiger partial charge >= 0.3 is 6.03 Å². The quantitative estimate of drug-likeness (QED) is 0.727. The maximum Gasteiger partial charge on any atom is 0.318 e. The van der Waals surface area contributed by atoms with E-state index in [-0.39, 0.29) is 18.7 Å². The summed E-state index contributed by atoms with van der Waals surface area (Å²) < 4.78 is 0. The summed E-state index contributed by atoms with van der Waals surface area (Å²) in [6.07, 6.45) is 7.43. The van der Waals surface area contributed by atoms with Crippen molar-refractivity contribution in [3.8, 4) is 0 Å². The van der Waals surface area contributed by atoms with Crippen LogP contribution in [-0.4, -0.2) is 35.2 Å². The van der Waals surface area contributed by atoms with Gasteiger partial charge in [-0.25, -0.2) is 4.79 Å². The molecule has 1 aromatic carbocycles. The Balaban J connectivity index is 1.98. The molecule has 0 fully saturated rings. The second kappa shape index (κ2) is 9.70. The lowest BCUT2D eigenvalue weighted by molar-refractivity contribution is 0.184. The summed E-state index contributed by atoms with van der Waals surface area (Å²) in [5.74, 6) is 0. The molecule has 0 unspecified atom stereocenters. The first-order valence-electron chi connectivity index (χ1n) is 8.70. The molecule has 132 valence electrons. The van der Waals surface area contributed by atoms with E-state index < -0.39 is 0 Å². The lowest BCUT2D eigenvalue weighted by atomic mass is 9.95. The van der Waals surface area contributed by atoms with Gasteiger partial charge in [-0.05, 0) is 56.7 Å². The molecular formula is C19H27ClN2O2. The molecule has 0 saturated carbocycles. The van der Waals surface area contributed by atoms with Crippen molar-refractivity contribution < 1.29 is 9.90 Å². The molecule has 0 saturated heterocycles. The van der Waals surface area contributed by atoms with Gasteiger partial charge in [0.1, 0.15) is 0 Å². The monoisotopic (exact) mass is 350 g/mol. The van der Waals surface area contributed by atoms with Gasteiger partial charge in [0.15, 0.2) is 0 Å². The fourth-order valence-corrected chi connectivity index (χ4v) is 3.08. The molecule has 1 aliphatic rings. The minimum Gasteiger partial charge on any atom is -0.396 e. The van der Waals surface area contributed by atoms with Gasteiger partial charge in [-0.3, -0.25) is 0 Å². The van der Waals surface area contributed by atoms with E-state index in [1.165, 1.54) is 18.4 Å².